The molecule has 0 fully saturated rings. The largest absolute Gasteiger partial charge is 0.399 e. The third-order valence-corrected chi connectivity index (χ3v) is 3.10. The maximum Gasteiger partial charge on any atom is 0.0504 e. The van der Waals surface area contributed by atoms with Gasteiger partial charge in [-0.05, 0) is 17.7 Å². The van der Waals surface area contributed by atoms with Gasteiger partial charge < -0.3 is 10.3 Å². The Morgan fingerprint density at radius 2 is 1.76 bits per heavy atom. The molecule has 0 amide bonds. The molecule has 1 aromatic heterocycles. The molecular formula is C15H14N2. The van der Waals surface area contributed by atoms with Crippen LogP contribution in [0.1, 0.15) is 0 Å². The minimum absolute atomic E-state index is 0.804. The lowest BCUT2D eigenvalue weighted by molar-refractivity contribution is 0.970. The number of nitrogens with two attached hydrogens (primary N) is 1. The van der Waals surface area contributed by atoms with Crippen LogP contribution in [-0.2, 0) is 7.05 Å². The van der Waals surface area contributed by atoms with E-state index in [0.717, 1.165) is 5.69 Å². The fraction of sp³-hybridized carbons (Fsp3) is 0.0667. The van der Waals surface area contributed by atoms with Gasteiger partial charge in [-0.1, -0.05) is 36.4 Å². The summed E-state index contributed by atoms with van der Waals surface area (Å²) >= 11 is 0. The van der Waals surface area contributed by atoms with Crippen molar-refractivity contribution >= 4 is 16.6 Å². The summed E-state index contributed by atoms with van der Waals surface area (Å²) in [7, 11) is 2.05. The number of hydrogen-bond donors (Lipinski definition) is 1. The summed E-state index contributed by atoms with van der Waals surface area (Å²) in [4.78, 5) is 0. The van der Waals surface area contributed by atoms with Crippen LogP contribution >= 0.6 is 0 Å². The monoisotopic (exact) mass is 222 g/mol. The highest BCUT2D eigenvalue weighted by Crippen LogP contribution is 2.30. The number of aromatic nitrogens is 1. The quantitative estimate of drug-likeness (QED) is 0.628. The molecule has 0 saturated heterocycles. The van der Waals surface area contributed by atoms with E-state index in [1.807, 2.05) is 25.2 Å². The molecule has 3 rings (SSSR count). The van der Waals surface area contributed by atoms with Crippen molar-refractivity contribution in [2.45, 2.75) is 0 Å². The third-order valence-electron chi connectivity index (χ3n) is 3.10. The second-order valence-electron chi connectivity index (χ2n) is 4.30. The summed E-state index contributed by atoms with van der Waals surface area (Å²) in [6.07, 6.45) is 2.15. The molecule has 2 aromatic carbocycles. The Hall–Kier alpha value is -2.22. The molecule has 84 valence electrons. The molecule has 17 heavy (non-hydrogen) atoms. The fourth-order valence-corrected chi connectivity index (χ4v) is 2.25. The first-order valence-electron chi connectivity index (χ1n) is 5.66. The Labute approximate surface area is 100 Å². The van der Waals surface area contributed by atoms with Crippen molar-refractivity contribution in [2.75, 3.05) is 5.73 Å². The number of anilines is 1. The number of hydrogen-bond acceptors (Lipinski definition) is 1. The topological polar surface area (TPSA) is 30.9 Å². The van der Waals surface area contributed by atoms with E-state index < -0.39 is 0 Å². The summed E-state index contributed by atoms with van der Waals surface area (Å²) in [5.41, 5.74) is 10.3. The first-order valence-corrected chi connectivity index (χ1v) is 5.66. The molecule has 0 radical (unpaired) electrons. The summed E-state index contributed by atoms with van der Waals surface area (Å²) in [6, 6.07) is 16.5. The summed E-state index contributed by atoms with van der Waals surface area (Å²) in [6.45, 7) is 0. The molecule has 0 aliphatic carbocycles. The number of nitrogen functional groups attached to an aromatic ring is 1. The molecule has 2 N–H and O–H groups in total. The Morgan fingerprint density at radius 1 is 1.00 bits per heavy atom. The van der Waals surface area contributed by atoms with E-state index in [1.54, 1.807) is 0 Å². The predicted molar refractivity (Wildman–Crippen MR) is 72.8 cm³/mol. The average Bonchev–Trinajstić information content (AvgIpc) is 2.68. The Balaban J connectivity index is 2.32. The van der Waals surface area contributed by atoms with E-state index in [2.05, 4.69) is 41.1 Å². The second-order valence-corrected chi connectivity index (χ2v) is 4.30. The molecule has 3 aromatic rings. The highest BCUT2D eigenvalue weighted by molar-refractivity contribution is 5.97. The van der Waals surface area contributed by atoms with Crippen molar-refractivity contribution in [2.24, 2.45) is 7.05 Å². The van der Waals surface area contributed by atoms with Gasteiger partial charge in [0.25, 0.3) is 0 Å². The van der Waals surface area contributed by atoms with Gasteiger partial charge in [0.2, 0.25) is 0 Å². The summed E-state index contributed by atoms with van der Waals surface area (Å²) < 4.78 is 2.12. The molecule has 0 saturated carbocycles. The van der Waals surface area contributed by atoms with Crippen LogP contribution in [0.2, 0.25) is 0 Å². The molecule has 0 aliphatic rings. The van der Waals surface area contributed by atoms with Crippen LogP contribution in [-0.4, -0.2) is 4.57 Å². The molecule has 1 heterocycles. The lowest BCUT2D eigenvalue weighted by Crippen LogP contribution is -1.87. The molecule has 2 heteroatoms. The van der Waals surface area contributed by atoms with Crippen molar-refractivity contribution in [3.8, 4) is 11.1 Å². The maximum atomic E-state index is 5.83. The first kappa shape index (κ1) is 9.97. The average molecular weight is 222 g/mol. The van der Waals surface area contributed by atoms with Gasteiger partial charge >= 0.3 is 0 Å². The minimum atomic E-state index is 0.804. The van der Waals surface area contributed by atoms with Gasteiger partial charge in [-0.15, -0.1) is 0 Å². The highest BCUT2D eigenvalue weighted by Gasteiger charge is 2.07. The van der Waals surface area contributed by atoms with E-state index in [9.17, 15) is 0 Å². The minimum Gasteiger partial charge on any atom is -0.399 e. The van der Waals surface area contributed by atoms with E-state index in [4.69, 9.17) is 5.73 Å². The number of rotatable bonds is 1. The smallest absolute Gasteiger partial charge is 0.0504 e. The van der Waals surface area contributed by atoms with Gasteiger partial charge in [0.05, 0.1) is 5.52 Å². The zero-order valence-corrected chi connectivity index (χ0v) is 9.72. The standard InChI is InChI=1S/C15H14N2/c1-17-10-14(11-5-3-2-4-6-11)13-8-7-12(16)9-15(13)17/h2-10H,16H2,1H3. The molecule has 2 nitrogen and oxygen atoms in total. The van der Waals surface area contributed by atoms with Crippen molar-refractivity contribution in [1.82, 2.24) is 4.57 Å². The molecule has 0 aliphatic heterocycles. The SMILES string of the molecule is Cn1cc(-c2ccccc2)c2ccc(N)cc21. The van der Waals surface area contributed by atoms with E-state index in [-0.39, 0.29) is 0 Å². The van der Waals surface area contributed by atoms with Crippen molar-refractivity contribution in [3.63, 3.8) is 0 Å². The molecule has 0 spiro atoms. The van der Waals surface area contributed by atoms with Gasteiger partial charge in [-0.3, -0.25) is 0 Å². The first-order chi connectivity index (χ1) is 8.25. The lowest BCUT2D eigenvalue weighted by atomic mass is 10.0. The summed E-state index contributed by atoms with van der Waals surface area (Å²) in [5, 5.41) is 1.24. The molecule has 0 unspecified atom stereocenters. The van der Waals surface area contributed by atoms with E-state index in [0.29, 0.717) is 0 Å². The fourth-order valence-electron chi connectivity index (χ4n) is 2.25. The van der Waals surface area contributed by atoms with Gasteiger partial charge in [0, 0.05) is 29.9 Å². The maximum absolute atomic E-state index is 5.83. The van der Waals surface area contributed by atoms with Gasteiger partial charge in [0.15, 0.2) is 0 Å². The molecule has 0 bridgehead atoms. The van der Waals surface area contributed by atoms with Crippen LogP contribution in [0.4, 0.5) is 5.69 Å². The lowest BCUT2D eigenvalue weighted by Gasteiger charge is -1.99. The van der Waals surface area contributed by atoms with Gasteiger partial charge in [0.1, 0.15) is 0 Å². The third kappa shape index (κ3) is 1.58. The number of fused-ring (bicyclic) bond motifs is 1. The Kier molecular flexibility index (Phi) is 2.15. The van der Waals surface area contributed by atoms with Crippen molar-refractivity contribution < 1.29 is 0 Å². The number of nitrogens with zero attached hydrogens (tertiary/aromatic N) is 1. The van der Waals surface area contributed by atoms with Crippen molar-refractivity contribution in [1.29, 1.82) is 0 Å². The van der Waals surface area contributed by atoms with E-state index in [1.165, 1.54) is 22.0 Å². The zero-order chi connectivity index (χ0) is 11.8. The number of aryl methyl sites for hydroxylation is 1. The van der Waals surface area contributed by atoms with Gasteiger partial charge in [-0.2, -0.15) is 0 Å². The Morgan fingerprint density at radius 3 is 2.53 bits per heavy atom. The normalized spacial score (nSPS) is 10.9. The predicted octanol–water partition coefficient (Wildman–Crippen LogP) is 3.43. The summed E-state index contributed by atoms with van der Waals surface area (Å²) in [5.74, 6) is 0. The van der Waals surface area contributed by atoms with Crippen LogP contribution in [0.25, 0.3) is 22.0 Å². The van der Waals surface area contributed by atoms with Crippen LogP contribution in [0.5, 0.6) is 0 Å². The van der Waals surface area contributed by atoms with Crippen LogP contribution < -0.4 is 5.73 Å². The molecule has 0 atom stereocenters. The van der Waals surface area contributed by atoms with Crippen LogP contribution in [0, 0.1) is 0 Å². The molecular weight excluding hydrogens is 208 g/mol. The van der Waals surface area contributed by atoms with Crippen molar-refractivity contribution in [3.05, 3.63) is 54.7 Å². The number of benzene rings is 2. The van der Waals surface area contributed by atoms with Gasteiger partial charge in [-0.25, -0.2) is 0 Å². The van der Waals surface area contributed by atoms with Crippen LogP contribution in [0.15, 0.2) is 54.7 Å². The second kappa shape index (κ2) is 3.67. The zero-order valence-electron chi connectivity index (χ0n) is 9.72. The van der Waals surface area contributed by atoms with Crippen LogP contribution in [0.3, 0.4) is 0 Å². The Bertz CT molecular complexity index is 666. The highest BCUT2D eigenvalue weighted by atomic mass is 14.9. The van der Waals surface area contributed by atoms with E-state index >= 15 is 0 Å².